The Morgan fingerprint density at radius 1 is 1.08 bits per heavy atom. The van der Waals surface area contributed by atoms with E-state index in [1.165, 1.54) is 30.1 Å². The molecule has 134 valence electrons. The van der Waals surface area contributed by atoms with Gasteiger partial charge in [-0.05, 0) is 30.7 Å². The molecule has 1 aromatic carbocycles. The first kappa shape index (κ1) is 18.3. The third-order valence-corrected chi connectivity index (χ3v) is 3.79. The van der Waals surface area contributed by atoms with Crippen LogP contribution in [0, 0.1) is 0 Å². The summed E-state index contributed by atoms with van der Waals surface area (Å²) < 4.78 is 4.04. The molecular formula is C16H21N5O4. The van der Waals surface area contributed by atoms with E-state index >= 15 is 0 Å². The van der Waals surface area contributed by atoms with Crippen LogP contribution < -0.4 is 17.0 Å². The fourth-order valence-corrected chi connectivity index (χ4v) is 2.36. The number of nitrogens with two attached hydrogens (primary N) is 1. The Hall–Kier alpha value is -3.07. The molecule has 4 N–H and O–H groups in total. The molecule has 0 spiro atoms. The number of aromatic hydroxyl groups is 2. The Morgan fingerprint density at radius 3 is 2.36 bits per heavy atom. The molecule has 0 fully saturated rings. The molecule has 2 heterocycles. The van der Waals surface area contributed by atoms with Crippen LogP contribution in [0.25, 0.3) is 11.2 Å². The van der Waals surface area contributed by atoms with Gasteiger partial charge in [0, 0.05) is 21.1 Å². The summed E-state index contributed by atoms with van der Waals surface area (Å²) in [7, 11) is 4.77. The normalized spacial score (nSPS) is 10.6. The lowest BCUT2D eigenvalue weighted by Gasteiger charge is -2.02. The zero-order valence-corrected chi connectivity index (χ0v) is 14.3. The number of fused-ring (bicyclic) bond motifs is 1. The van der Waals surface area contributed by atoms with E-state index in [9.17, 15) is 9.59 Å². The maximum atomic E-state index is 11.7. The minimum absolute atomic E-state index is 0.0871. The summed E-state index contributed by atoms with van der Waals surface area (Å²) in [4.78, 5) is 27.2. The summed E-state index contributed by atoms with van der Waals surface area (Å²) in [6.07, 6.45) is 2.24. The standard InChI is InChI=1S/C8H10N4O2.C8H11NO2/c1-10-4-9-6-5(10)7(13)12(3)8(14)11(6)2;9-4-3-6-1-2-7(10)8(11)5-6/h4H,1-3H3;1-2,5,10-11H,3-4,9H2. The van der Waals surface area contributed by atoms with Crippen LogP contribution >= 0.6 is 0 Å². The van der Waals surface area contributed by atoms with Gasteiger partial charge in [0.1, 0.15) is 0 Å². The molecule has 9 heteroatoms. The van der Waals surface area contributed by atoms with Crippen molar-refractivity contribution in [3.8, 4) is 11.5 Å². The van der Waals surface area contributed by atoms with E-state index in [0.717, 1.165) is 10.1 Å². The number of hydrogen-bond donors (Lipinski definition) is 3. The molecule has 0 aliphatic rings. The van der Waals surface area contributed by atoms with E-state index in [0.29, 0.717) is 24.1 Å². The van der Waals surface area contributed by atoms with Crippen molar-refractivity contribution < 1.29 is 10.2 Å². The lowest BCUT2D eigenvalue weighted by Crippen LogP contribution is -2.37. The van der Waals surface area contributed by atoms with Gasteiger partial charge < -0.3 is 20.5 Å². The number of benzene rings is 1. The van der Waals surface area contributed by atoms with Crippen molar-refractivity contribution in [1.29, 1.82) is 0 Å². The molecule has 0 aliphatic heterocycles. The van der Waals surface area contributed by atoms with Crippen LogP contribution in [-0.4, -0.2) is 35.4 Å². The van der Waals surface area contributed by atoms with Gasteiger partial charge in [-0.3, -0.25) is 13.9 Å². The van der Waals surface area contributed by atoms with Crippen LogP contribution in [0.4, 0.5) is 0 Å². The Bertz CT molecular complexity index is 1020. The van der Waals surface area contributed by atoms with Gasteiger partial charge in [-0.15, -0.1) is 0 Å². The number of nitrogens with zero attached hydrogens (tertiary/aromatic N) is 4. The van der Waals surface area contributed by atoms with Gasteiger partial charge >= 0.3 is 5.69 Å². The first-order valence-corrected chi connectivity index (χ1v) is 7.55. The zero-order chi connectivity index (χ0) is 18.7. The highest BCUT2D eigenvalue weighted by Crippen LogP contribution is 2.24. The van der Waals surface area contributed by atoms with Gasteiger partial charge in [-0.25, -0.2) is 9.78 Å². The molecule has 0 radical (unpaired) electrons. The molecule has 25 heavy (non-hydrogen) atoms. The van der Waals surface area contributed by atoms with Crippen molar-refractivity contribution in [2.24, 2.45) is 26.9 Å². The summed E-state index contributed by atoms with van der Waals surface area (Å²) in [6.45, 7) is 0.546. The van der Waals surface area contributed by atoms with Gasteiger partial charge in [0.25, 0.3) is 5.56 Å². The SMILES string of the molecule is Cn1c(=O)c2c(ncn2C)n(C)c1=O.NCCc1ccc(O)c(O)c1. The van der Waals surface area contributed by atoms with Crippen LogP contribution in [0.15, 0.2) is 34.1 Å². The second kappa shape index (κ2) is 7.22. The van der Waals surface area contributed by atoms with E-state index < -0.39 is 0 Å². The van der Waals surface area contributed by atoms with Gasteiger partial charge in [-0.1, -0.05) is 6.07 Å². The second-order valence-corrected chi connectivity index (χ2v) is 5.60. The molecule has 0 unspecified atom stereocenters. The number of aryl methyl sites for hydroxylation is 2. The largest absolute Gasteiger partial charge is 0.504 e. The maximum Gasteiger partial charge on any atom is 0.332 e. The van der Waals surface area contributed by atoms with Gasteiger partial charge in [-0.2, -0.15) is 0 Å². The molecule has 3 aromatic rings. The topological polar surface area (TPSA) is 128 Å². The molecular weight excluding hydrogens is 326 g/mol. The van der Waals surface area contributed by atoms with E-state index in [1.807, 2.05) is 0 Å². The monoisotopic (exact) mass is 347 g/mol. The zero-order valence-electron chi connectivity index (χ0n) is 14.3. The maximum absolute atomic E-state index is 11.7. The van der Waals surface area contributed by atoms with Gasteiger partial charge in [0.15, 0.2) is 22.7 Å². The van der Waals surface area contributed by atoms with Gasteiger partial charge in [0.05, 0.1) is 6.33 Å². The van der Waals surface area contributed by atoms with Crippen molar-refractivity contribution >= 4 is 11.2 Å². The first-order valence-electron chi connectivity index (χ1n) is 7.55. The summed E-state index contributed by atoms with van der Waals surface area (Å²) in [6, 6.07) is 4.71. The van der Waals surface area contributed by atoms with Crippen molar-refractivity contribution in [2.45, 2.75) is 6.42 Å². The van der Waals surface area contributed by atoms with E-state index in [1.54, 1.807) is 24.7 Å². The third kappa shape index (κ3) is 3.56. The molecule has 0 saturated heterocycles. The predicted octanol–water partition coefficient (Wildman–Crippen LogP) is -0.430. The molecule has 0 atom stereocenters. The molecule has 0 aliphatic carbocycles. The highest BCUT2D eigenvalue weighted by Gasteiger charge is 2.11. The molecule has 0 saturated carbocycles. The van der Waals surface area contributed by atoms with Crippen molar-refractivity contribution in [3.63, 3.8) is 0 Å². The fourth-order valence-electron chi connectivity index (χ4n) is 2.36. The molecule has 3 rings (SSSR count). The average molecular weight is 347 g/mol. The molecule has 9 nitrogen and oxygen atoms in total. The summed E-state index contributed by atoms with van der Waals surface area (Å²) in [5.74, 6) is -0.179. The average Bonchev–Trinajstić information content (AvgIpc) is 2.97. The molecule has 0 amide bonds. The number of hydrogen-bond acceptors (Lipinski definition) is 6. The number of phenols is 2. The minimum Gasteiger partial charge on any atom is -0.504 e. The van der Waals surface area contributed by atoms with Crippen molar-refractivity contribution in [1.82, 2.24) is 18.7 Å². The number of aromatic nitrogens is 4. The lowest BCUT2D eigenvalue weighted by atomic mass is 10.1. The van der Waals surface area contributed by atoms with Crippen molar-refractivity contribution in [2.75, 3.05) is 6.54 Å². The molecule has 0 bridgehead atoms. The number of phenolic OH excluding ortho intramolecular Hbond substituents is 2. The second-order valence-electron chi connectivity index (χ2n) is 5.60. The van der Waals surface area contributed by atoms with Crippen LogP contribution in [0.3, 0.4) is 0 Å². The summed E-state index contributed by atoms with van der Waals surface area (Å²) in [5, 5.41) is 18.0. The summed E-state index contributed by atoms with van der Waals surface area (Å²) in [5.41, 5.74) is 6.42. The predicted molar refractivity (Wildman–Crippen MR) is 93.7 cm³/mol. The Kier molecular flexibility index (Phi) is 5.28. The van der Waals surface area contributed by atoms with Crippen LogP contribution in [0.2, 0.25) is 0 Å². The number of imidazole rings is 1. The van der Waals surface area contributed by atoms with Crippen LogP contribution in [0.1, 0.15) is 5.56 Å². The smallest absolute Gasteiger partial charge is 0.332 e. The Labute approximate surface area is 143 Å². The molecule has 2 aromatic heterocycles. The quantitative estimate of drug-likeness (QED) is 0.540. The van der Waals surface area contributed by atoms with Gasteiger partial charge in [0.2, 0.25) is 0 Å². The first-order chi connectivity index (χ1) is 11.8. The highest BCUT2D eigenvalue weighted by molar-refractivity contribution is 5.69. The Morgan fingerprint density at radius 2 is 1.76 bits per heavy atom. The van der Waals surface area contributed by atoms with E-state index in [4.69, 9.17) is 15.9 Å². The Balaban J connectivity index is 0.000000186. The van der Waals surface area contributed by atoms with Crippen molar-refractivity contribution in [3.05, 3.63) is 50.9 Å². The van der Waals surface area contributed by atoms with E-state index in [2.05, 4.69) is 4.98 Å². The third-order valence-electron chi connectivity index (χ3n) is 3.79. The fraction of sp³-hybridized carbons (Fsp3) is 0.312. The highest BCUT2D eigenvalue weighted by atomic mass is 16.3. The summed E-state index contributed by atoms with van der Waals surface area (Å²) >= 11 is 0. The minimum atomic E-state index is -0.360. The number of rotatable bonds is 2. The lowest BCUT2D eigenvalue weighted by molar-refractivity contribution is 0.403. The van der Waals surface area contributed by atoms with E-state index in [-0.39, 0.29) is 22.7 Å². The van der Waals surface area contributed by atoms with Crippen LogP contribution in [0.5, 0.6) is 11.5 Å². The van der Waals surface area contributed by atoms with Crippen LogP contribution in [-0.2, 0) is 27.6 Å².